The van der Waals surface area contributed by atoms with Gasteiger partial charge < -0.3 is 10.1 Å². The molecule has 1 amide bonds. The minimum absolute atomic E-state index is 0.0928. The molecule has 0 spiro atoms. The molecule has 0 fully saturated rings. The number of benzene rings is 2. The highest BCUT2D eigenvalue weighted by molar-refractivity contribution is 9.10. The van der Waals surface area contributed by atoms with Crippen LogP contribution in [0, 0.1) is 0 Å². The minimum atomic E-state index is -4.01. The van der Waals surface area contributed by atoms with Crippen LogP contribution in [0.1, 0.15) is 34.6 Å². The van der Waals surface area contributed by atoms with Crippen LogP contribution in [0.4, 0.5) is 5.69 Å². The van der Waals surface area contributed by atoms with Gasteiger partial charge in [-0.1, -0.05) is 12.1 Å². The van der Waals surface area contributed by atoms with Crippen LogP contribution in [-0.4, -0.2) is 32.2 Å². The third-order valence-corrected chi connectivity index (χ3v) is 5.28. The fourth-order valence-corrected chi connectivity index (χ4v) is 3.12. The highest BCUT2D eigenvalue weighted by Gasteiger charge is 2.22. The summed E-state index contributed by atoms with van der Waals surface area (Å²) >= 11 is 3.13. The van der Waals surface area contributed by atoms with Crippen molar-refractivity contribution in [2.45, 2.75) is 24.8 Å². The molecule has 0 saturated heterocycles. The van der Waals surface area contributed by atoms with Gasteiger partial charge in [-0.25, -0.2) is 18.4 Å². The van der Waals surface area contributed by atoms with E-state index < -0.39 is 28.0 Å². The van der Waals surface area contributed by atoms with Crippen LogP contribution in [0.15, 0.2) is 51.8 Å². The number of carbonyl (C=O) groups is 3. The number of halogens is 1. The molecule has 1 atom stereocenters. The molecule has 3 N–H and O–H groups in total. The fourth-order valence-electron chi connectivity index (χ4n) is 2.18. The SMILES string of the molecule is CC(=O)c1cccc(NC(=O)C(C)OC(=O)c2cc(S(N)(=O)=O)ccc2Br)c1. The van der Waals surface area contributed by atoms with Crippen molar-refractivity contribution >= 4 is 49.3 Å². The Morgan fingerprint density at radius 2 is 1.82 bits per heavy atom. The van der Waals surface area contributed by atoms with Crippen LogP contribution < -0.4 is 10.5 Å². The Morgan fingerprint density at radius 3 is 2.43 bits per heavy atom. The molecule has 0 aliphatic carbocycles. The molecular weight excluding hydrogens is 452 g/mol. The molecular formula is C18H17BrN2O6S. The van der Waals surface area contributed by atoms with Crippen molar-refractivity contribution in [2.75, 3.05) is 5.32 Å². The highest BCUT2D eigenvalue weighted by Crippen LogP contribution is 2.22. The molecule has 0 aliphatic heterocycles. The van der Waals surface area contributed by atoms with E-state index in [0.717, 1.165) is 6.07 Å². The van der Waals surface area contributed by atoms with Gasteiger partial charge in [-0.3, -0.25) is 9.59 Å². The van der Waals surface area contributed by atoms with Gasteiger partial charge in [-0.15, -0.1) is 0 Å². The third kappa shape index (κ3) is 5.47. The second-order valence-corrected chi connectivity index (χ2v) is 8.28. The Balaban J connectivity index is 2.13. The summed E-state index contributed by atoms with van der Waals surface area (Å²) < 4.78 is 28.3. The zero-order valence-corrected chi connectivity index (χ0v) is 17.3. The summed E-state index contributed by atoms with van der Waals surface area (Å²) in [6, 6.07) is 9.94. The Bertz CT molecular complexity index is 1050. The number of nitrogens with two attached hydrogens (primary N) is 1. The Labute approximate surface area is 170 Å². The third-order valence-electron chi connectivity index (χ3n) is 3.68. The maximum absolute atomic E-state index is 12.3. The van der Waals surface area contributed by atoms with Gasteiger partial charge in [0, 0.05) is 15.7 Å². The number of esters is 1. The van der Waals surface area contributed by atoms with Gasteiger partial charge >= 0.3 is 5.97 Å². The number of ketones is 1. The normalized spacial score (nSPS) is 12.1. The highest BCUT2D eigenvalue weighted by atomic mass is 79.9. The molecule has 0 aliphatic rings. The summed E-state index contributed by atoms with van der Waals surface area (Å²) in [4.78, 5) is 35.8. The number of anilines is 1. The molecule has 1 unspecified atom stereocenters. The van der Waals surface area contributed by atoms with Crippen molar-refractivity contribution in [1.29, 1.82) is 0 Å². The van der Waals surface area contributed by atoms with E-state index in [9.17, 15) is 22.8 Å². The number of sulfonamides is 1. The Hall–Kier alpha value is -2.56. The van der Waals surface area contributed by atoms with Gasteiger partial charge in [0.05, 0.1) is 10.5 Å². The quantitative estimate of drug-likeness (QED) is 0.494. The molecule has 10 heteroatoms. The van der Waals surface area contributed by atoms with E-state index in [-0.39, 0.29) is 20.7 Å². The lowest BCUT2D eigenvalue weighted by Gasteiger charge is -2.15. The molecule has 0 aromatic heterocycles. The van der Waals surface area contributed by atoms with Crippen molar-refractivity contribution < 1.29 is 27.5 Å². The van der Waals surface area contributed by atoms with E-state index in [1.54, 1.807) is 18.2 Å². The maximum Gasteiger partial charge on any atom is 0.340 e. The fraction of sp³-hybridized carbons (Fsp3) is 0.167. The van der Waals surface area contributed by atoms with E-state index in [2.05, 4.69) is 21.2 Å². The van der Waals surface area contributed by atoms with E-state index >= 15 is 0 Å². The van der Waals surface area contributed by atoms with Gasteiger partial charge in [0.15, 0.2) is 11.9 Å². The van der Waals surface area contributed by atoms with Crippen LogP contribution in [-0.2, 0) is 19.6 Å². The monoisotopic (exact) mass is 468 g/mol. The predicted molar refractivity (Wildman–Crippen MR) is 105 cm³/mol. The lowest BCUT2D eigenvalue weighted by Crippen LogP contribution is -2.30. The van der Waals surface area contributed by atoms with E-state index in [4.69, 9.17) is 9.88 Å². The van der Waals surface area contributed by atoms with E-state index in [0.29, 0.717) is 11.3 Å². The molecule has 0 heterocycles. The van der Waals surface area contributed by atoms with E-state index in [1.165, 1.54) is 32.0 Å². The number of primary sulfonamides is 1. The number of rotatable bonds is 6. The van der Waals surface area contributed by atoms with Gasteiger partial charge in [0.1, 0.15) is 0 Å². The summed E-state index contributed by atoms with van der Waals surface area (Å²) in [5.41, 5.74) is 0.703. The largest absolute Gasteiger partial charge is 0.449 e. The second-order valence-electron chi connectivity index (χ2n) is 5.86. The van der Waals surface area contributed by atoms with Crippen LogP contribution in [0.5, 0.6) is 0 Å². The van der Waals surface area contributed by atoms with E-state index in [1.807, 2.05) is 0 Å². The number of ether oxygens (including phenoxy) is 1. The van der Waals surface area contributed by atoms with Gasteiger partial charge in [-0.05, 0) is 60.1 Å². The average Bonchev–Trinajstić information content (AvgIpc) is 2.61. The molecule has 0 bridgehead atoms. The number of carbonyl (C=O) groups excluding carboxylic acids is 3. The van der Waals surface area contributed by atoms with Crippen LogP contribution in [0.25, 0.3) is 0 Å². The first kappa shape index (κ1) is 21.7. The van der Waals surface area contributed by atoms with Gasteiger partial charge in [0.25, 0.3) is 5.91 Å². The summed E-state index contributed by atoms with van der Waals surface area (Å²) in [7, 11) is -4.01. The lowest BCUT2D eigenvalue weighted by atomic mass is 10.1. The van der Waals surface area contributed by atoms with Gasteiger partial charge in [0.2, 0.25) is 10.0 Å². The average molecular weight is 469 g/mol. The van der Waals surface area contributed by atoms with Crippen molar-refractivity contribution in [3.8, 4) is 0 Å². The van der Waals surface area contributed by atoms with Crippen LogP contribution >= 0.6 is 15.9 Å². The molecule has 0 radical (unpaired) electrons. The first-order valence-corrected chi connectivity index (χ1v) is 10.3. The predicted octanol–water partition coefficient (Wildman–Crippen LogP) is 2.48. The smallest absolute Gasteiger partial charge is 0.340 e. The molecule has 2 rings (SSSR count). The number of amides is 1. The zero-order valence-electron chi connectivity index (χ0n) is 14.9. The molecule has 148 valence electrons. The first-order valence-electron chi connectivity index (χ1n) is 7.94. The topological polar surface area (TPSA) is 133 Å². The summed E-state index contributed by atoms with van der Waals surface area (Å²) in [5, 5.41) is 7.61. The maximum atomic E-state index is 12.3. The summed E-state index contributed by atoms with van der Waals surface area (Å²) in [6.07, 6.45) is -1.18. The van der Waals surface area contributed by atoms with Crippen molar-refractivity contribution in [3.63, 3.8) is 0 Å². The molecule has 28 heavy (non-hydrogen) atoms. The number of hydrogen-bond acceptors (Lipinski definition) is 6. The van der Waals surface area contributed by atoms with Crippen molar-refractivity contribution in [2.24, 2.45) is 5.14 Å². The molecule has 0 saturated carbocycles. The van der Waals surface area contributed by atoms with Gasteiger partial charge in [-0.2, -0.15) is 0 Å². The molecule has 8 nitrogen and oxygen atoms in total. The Kier molecular flexibility index (Phi) is 6.70. The Morgan fingerprint density at radius 1 is 1.14 bits per heavy atom. The van der Waals surface area contributed by atoms with Crippen molar-refractivity contribution in [1.82, 2.24) is 0 Å². The molecule has 2 aromatic carbocycles. The standard InChI is InChI=1S/C18H17BrN2O6S/c1-10(22)12-4-3-5-13(8-12)21-17(23)11(2)27-18(24)15-9-14(28(20,25)26)6-7-16(15)19/h3-9,11H,1-2H3,(H,21,23)(H2,20,25,26). The number of Topliss-reactive ketones (excluding diaryl/α,β-unsaturated/α-hetero) is 1. The number of hydrogen-bond donors (Lipinski definition) is 2. The summed E-state index contributed by atoms with van der Waals surface area (Å²) in [6.45, 7) is 2.76. The second kappa shape index (κ2) is 8.63. The number of nitrogens with one attached hydrogen (secondary N) is 1. The lowest BCUT2D eigenvalue weighted by molar-refractivity contribution is -0.123. The molecule has 2 aromatic rings. The van der Waals surface area contributed by atoms with Crippen LogP contribution in [0.3, 0.4) is 0 Å². The van der Waals surface area contributed by atoms with Crippen LogP contribution in [0.2, 0.25) is 0 Å². The van der Waals surface area contributed by atoms with Crippen molar-refractivity contribution in [3.05, 3.63) is 58.1 Å². The summed E-state index contributed by atoms with van der Waals surface area (Å²) in [5.74, 6) is -1.68. The zero-order chi connectivity index (χ0) is 21.1. The first-order chi connectivity index (χ1) is 13.0. The minimum Gasteiger partial charge on any atom is -0.449 e.